The fourth-order valence-corrected chi connectivity index (χ4v) is 3.51. The predicted octanol–water partition coefficient (Wildman–Crippen LogP) is 0.971. The normalized spacial score (nSPS) is 15.5. The van der Waals surface area contributed by atoms with Crippen molar-refractivity contribution in [2.24, 2.45) is 0 Å². The van der Waals surface area contributed by atoms with Crippen LogP contribution in [-0.4, -0.2) is 36.2 Å². The molecule has 0 aromatic heterocycles. The summed E-state index contributed by atoms with van der Waals surface area (Å²) in [5.74, 6) is 0.498. The molecule has 0 atom stereocenters. The van der Waals surface area contributed by atoms with Crippen LogP contribution in [0.3, 0.4) is 0 Å². The van der Waals surface area contributed by atoms with Gasteiger partial charge < -0.3 is 0 Å². The average molecular weight is 305 g/mol. The van der Waals surface area contributed by atoms with Crippen molar-refractivity contribution in [2.45, 2.75) is 11.8 Å². The molecule has 0 radical (unpaired) electrons. The van der Waals surface area contributed by atoms with E-state index in [-0.39, 0.29) is 9.92 Å². The van der Waals surface area contributed by atoms with Crippen LogP contribution < -0.4 is 5.32 Å². The van der Waals surface area contributed by atoms with Crippen LogP contribution >= 0.6 is 11.6 Å². The maximum Gasteiger partial charge on any atom is 0.331 e. The Labute approximate surface area is 114 Å². The number of nitrogens with zero attached hydrogens (tertiary/aromatic N) is 2. The summed E-state index contributed by atoms with van der Waals surface area (Å²) in [5, 5.41) is 13.6. The second-order valence-electron chi connectivity index (χ2n) is 3.96. The van der Waals surface area contributed by atoms with Gasteiger partial charge in [-0.2, -0.15) is 8.42 Å². The van der Waals surface area contributed by atoms with Gasteiger partial charge in [0.15, 0.2) is 0 Å². The van der Waals surface area contributed by atoms with Crippen LogP contribution in [0.25, 0.3) is 0 Å². The van der Waals surface area contributed by atoms with Gasteiger partial charge in [0.1, 0.15) is 23.0 Å². The summed E-state index contributed by atoms with van der Waals surface area (Å²) in [7, 11) is -3.79. The molecule has 1 aromatic rings. The van der Waals surface area contributed by atoms with Gasteiger partial charge in [-0.25, -0.2) is 0 Å². The maximum absolute atomic E-state index is 12.3. The molecule has 2 rings (SSSR count). The van der Waals surface area contributed by atoms with Crippen molar-refractivity contribution in [1.29, 1.82) is 0 Å². The highest BCUT2D eigenvalue weighted by Crippen LogP contribution is 2.27. The van der Waals surface area contributed by atoms with Gasteiger partial charge in [-0.1, -0.05) is 11.6 Å². The number of hydrogen-bond acceptors (Lipinski definition) is 5. The molecule has 1 aliphatic heterocycles. The molecule has 9 heteroatoms. The molecule has 1 N–H and O–H groups in total. The van der Waals surface area contributed by atoms with Gasteiger partial charge in [-0.15, -0.1) is 3.98 Å². The van der Waals surface area contributed by atoms with Crippen LogP contribution in [0.4, 0.5) is 5.69 Å². The molecule has 1 aliphatic rings. The van der Waals surface area contributed by atoms with Gasteiger partial charge >= 0.3 is 10.0 Å². The second-order valence-corrected chi connectivity index (χ2v) is 6.23. The Bertz CT molecular complexity index is 684. The van der Waals surface area contributed by atoms with E-state index in [2.05, 4.69) is 5.32 Å². The number of nitro benzene ring substituents is 1. The van der Waals surface area contributed by atoms with E-state index < -0.39 is 20.6 Å². The summed E-state index contributed by atoms with van der Waals surface area (Å²) < 4.78 is 25.8. The Morgan fingerprint density at radius 3 is 2.68 bits per heavy atom. The Hall–Kier alpha value is -1.67. The zero-order valence-electron chi connectivity index (χ0n) is 9.96. The summed E-state index contributed by atoms with van der Waals surface area (Å²) in [6, 6.07) is 3.45. The molecule has 0 saturated heterocycles. The maximum atomic E-state index is 12.3. The van der Waals surface area contributed by atoms with E-state index >= 15 is 0 Å². The summed E-state index contributed by atoms with van der Waals surface area (Å²) in [5.41, 5.74) is -0.424. The number of nitrogens with one attached hydrogen (secondary N) is 1. The molecule has 0 fully saturated rings. The lowest BCUT2D eigenvalue weighted by molar-refractivity contribution is -0.385. The van der Waals surface area contributed by atoms with Crippen molar-refractivity contribution in [2.75, 3.05) is 13.1 Å². The van der Waals surface area contributed by atoms with Crippen molar-refractivity contribution < 1.29 is 17.3 Å². The Morgan fingerprint density at radius 2 is 2.16 bits per heavy atom. The molecule has 0 aliphatic carbocycles. The summed E-state index contributed by atoms with van der Waals surface area (Å²) in [6.45, 7) is 2.44. The zero-order valence-corrected chi connectivity index (χ0v) is 11.5. The Balaban J connectivity index is 2.56. The fraction of sp³-hybridized carbons (Fsp3) is 0.300. The topological polar surface area (TPSA) is 92.3 Å². The minimum atomic E-state index is -3.79. The standard InChI is InChI=1S/C10H10ClN3O4S/c1-7-12-4-5-13(7)19(17,18)8-2-3-9(11)10(6-8)14(15)16/h2-3,6H,4-5H2,1H3/p+1. The first-order valence-corrected chi connectivity index (χ1v) is 7.20. The molecule has 0 spiro atoms. The SMILES string of the molecule is CC1=[N+](S(=O)(=O)c2ccc(Cl)c([N+](=O)[O-])c2)CCN1. The molecule has 0 amide bonds. The van der Waals surface area contributed by atoms with Crippen LogP contribution in [-0.2, 0) is 10.0 Å². The molecule has 1 aromatic carbocycles. The first-order valence-electron chi connectivity index (χ1n) is 5.38. The highest BCUT2D eigenvalue weighted by molar-refractivity contribution is 7.85. The van der Waals surface area contributed by atoms with E-state index in [0.717, 1.165) is 6.07 Å². The number of nitro groups is 1. The average Bonchev–Trinajstić information content (AvgIpc) is 2.76. The molecule has 0 unspecified atom stereocenters. The molecule has 102 valence electrons. The third-order valence-electron chi connectivity index (χ3n) is 2.77. The molecule has 19 heavy (non-hydrogen) atoms. The largest absolute Gasteiger partial charge is 0.331 e. The highest BCUT2D eigenvalue weighted by atomic mass is 35.5. The monoisotopic (exact) mass is 304 g/mol. The molecule has 7 nitrogen and oxygen atoms in total. The van der Waals surface area contributed by atoms with E-state index in [0.29, 0.717) is 18.9 Å². The van der Waals surface area contributed by atoms with Crippen LogP contribution in [0.15, 0.2) is 23.1 Å². The Morgan fingerprint density at radius 1 is 1.47 bits per heavy atom. The number of halogens is 1. The minimum absolute atomic E-state index is 0.0933. The van der Waals surface area contributed by atoms with Crippen LogP contribution in [0, 0.1) is 10.1 Å². The van der Waals surface area contributed by atoms with E-state index in [1.807, 2.05) is 0 Å². The van der Waals surface area contributed by atoms with Gasteiger partial charge in [0, 0.05) is 13.0 Å². The van der Waals surface area contributed by atoms with E-state index in [1.165, 1.54) is 16.1 Å². The van der Waals surface area contributed by atoms with E-state index in [1.54, 1.807) is 6.92 Å². The van der Waals surface area contributed by atoms with Crippen molar-refractivity contribution in [3.05, 3.63) is 33.3 Å². The smallest absolute Gasteiger partial charge is 0.274 e. The van der Waals surface area contributed by atoms with Gasteiger partial charge in [0.25, 0.3) is 11.5 Å². The zero-order chi connectivity index (χ0) is 14.2. The van der Waals surface area contributed by atoms with Crippen molar-refractivity contribution in [3.8, 4) is 0 Å². The number of rotatable bonds is 3. The summed E-state index contributed by atoms with van der Waals surface area (Å²) in [4.78, 5) is 9.93. The quantitative estimate of drug-likeness (QED) is 0.510. The van der Waals surface area contributed by atoms with Crippen LogP contribution in [0.2, 0.25) is 5.02 Å². The third-order valence-corrected chi connectivity index (χ3v) is 4.98. The number of benzene rings is 1. The number of hydrogen-bond donors (Lipinski definition) is 1. The van der Waals surface area contributed by atoms with Gasteiger partial charge in [0.05, 0.1) is 4.92 Å². The van der Waals surface area contributed by atoms with Crippen LogP contribution in [0.5, 0.6) is 0 Å². The van der Waals surface area contributed by atoms with E-state index in [9.17, 15) is 18.5 Å². The first kappa shape index (κ1) is 13.8. The van der Waals surface area contributed by atoms with Gasteiger partial charge in [-0.3, -0.25) is 15.4 Å². The summed E-state index contributed by atoms with van der Waals surface area (Å²) >= 11 is 5.66. The molecule has 0 saturated carbocycles. The third kappa shape index (κ3) is 2.41. The molecule has 1 heterocycles. The Kier molecular flexibility index (Phi) is 3.46. The molecular formula is C10H11ClN3O4S+. The van der Waals surface area contributed by atoms with Gasteiger partial charge in [0.2, 0.25) is 0 Å². The van der Waals surface area contributed by atoms with E-state index in [4.69, 9.17) is 11.6 Å². The lowest BCUT2D eigenvalue weighted by Crippen LogP contribution is -2.25. The fourth-order valence-electron chi connectivity index (χ4n) is 1.81. The molecular weight excluding hydrogens is 294 g/mol. The van der Waals surface area contributed by atoms with Crippen molar-refractivity contribution >= 4 is 33.1 Å². The second kappa shape index (κ2) is 4.78. The van der Waals surface area contributed by atoms with Crippen molar-refractivity contribution in [3.63, 3.8) is 0 Å². The lowest BCUT2D eigenvalue weighted by Gasteiger charge is -2.04. The predicted molar refractivity (Wildman–Crippen MR) is 69.1 cm³/mol. The van der Waals surface area contributed by atoms with Crippen LogP contribution in [0.1, 0.15) is 6.92 Å². The number of amidine groups is 1. The molecule has 0 bridgehead atoms. The first-order chi connectivity index (χ1) is 8.84. The summed E-state index contributed by atoms with van der Waals surface area (Å²) in [6.07, 6.45) is 0. The minimum Gasteiger partial charge on any atom is -0.274 e. The van der Waals surface area contributed by atoms with Gasteiger partial charge in [-0.05, 0) is 12.1 Å². The lowest BCUT2D eigenvalue weighted by atomic mass is 10.3. The van der Waals surface area contributed by atoms with Crippen molar-refractivity contribution in [1.82, 2.24) is 5.32 Å². The number of sulfonamides is 1. The highest BCUT2D eigenvalue weighted by Gasteiger charge is 2.32.